The fourth-order valence-corrected chi connectivity index (χ4v) is 2.33. The number of nitriles is 1. The molecule has 0 heterocycles. The van der Waals surface area contributed by atoms with Crippen molar-refractivity contribution in [1.82, 2.24) is 5.32 Å². The molecule has 1 saturated carbocycles. The Labute approximate surface area is 114 Å². The third-order valence-corrected chi connectivity index (χ3v) is 4.39. The van der Waals surface area contributed by atoms with E-state index in [-0.39, 0.29) is 11.9 Å². The van der Waals surface area contributed by atoms with E-state index in [0.29, 0.717) is 11.5 Å². The van der Waals surface area contributed by atoms with Crippen LogP contribution in [0.4, 0.5) is 0 Å². The molecule has 1 aliphatic rings. The van der Waals surface area contributed by atoms with Gasteiger partial charge < -0.3 is 5.32 Å². The Morgan fingerprint density at radius 3 is 2.88 bits per heavy atom. The second-order valence-corrected chi connectivity index (χ2v) is 5.43. The molecule has 1 amide bonds. The molecule has 0 radical (unpaired) electrons. The number of rotatable bonds is 3. The van der Waals surface area contributed by atoms with Crippen LogP contribution in [0, 0.1) is 27.7 Å². The molecule has 1 aliphatic carbocycles. The lowest BCUT2D eigenvalue weighted by Gasteiger charge is -2.12. The highest BCUT2D eigenvalue weighted by molar-refractivity contribution is 14.1. The number of nitrogens with one attached hydrogen (secondary N) is 1. The molecule has 1 N–H and O–H groups in total. The Morgan fingerprint density at radius 1 is 1.59 bits per heavy atom. The highest BCUT2D eigenvalue weighted by Gasteiger charge is 2.32. The zero-order valence-corrected chi connectivity index (χ0v) is 11.7. The van der Waals surface area contributed by atoms with Crippen LogP contribution in [0.15, 0.2) is 18.2 Å². The summed E-state index contributed by atoms with van der Waals surface area (Å²) in [5.74, 6) is 0.211. The Bertz CT molecular complexity index is 489. The lowest BCUT2D eigenvalue weighted by Crippen LogP contribution is -2.35. The van der Waals surface area contributed by atoms with Gasteiger partial charge in [-0.3, -0.25) is 4.79 Å². The molecule has 1 aromatic rings. The van der Waals surface area contributed by atoms with E-state index in [9.17, 15) is 4.79 Å². The number of halogens is 1. The minimum atomic E-state index is -0.334. The van der Waals surface area contributed by atoms with Crippen molar-refractivity contribution in [3.05, 3.63) is 32.9 Å². The predicted molar refractivity (Wildman–Crippen MR) is 73.5 cm³/mol. The molecule has 0 aromatic heterocycles. The summed E-state index contributed by atoms with van der Waals surface area (Å²) in [5.41, 5.74) is 1.74. The van der Waals surface area contributed by atoms with Crippen LogP contribution < -0.4 is 5.32 Å². The van der Waals surface area contributed by atoms with E-state index in [1.54, 1.807) is 6.07 Å². The standard InChI is InChI=1S/C13H13IN2O/c1-8-3-2-4-10(12(8)14)13(17)16-11(7-15)9-5-6-9/h2-4,9,11H,5-6H2,1H3,(H,16,17). The van der Waals surface area contributed by atoms with Gasteiger partial charge in [0, 0.05) is 3.57 Å². The molecule has 17 heavy (non-hydrogen) atoms. The first-order chi connectivity index (χ1) is 8.13. The van der Waals surface area contributed by atoms with E-state index < -0.39 is 0 Å². The molecule has 0 spiro atoms. The van der Waals surface area contributed by atoms with Crippen LogP contribution >= 0.6 is 22.6 Å². The number of carbonyl (C=O) groups is 1. The number of amides is 1. The average Bonchev–Trinajstić information content (AvgIpc) is 3.13. The Hall–Kier alpha value is -1.09. The number of benzene rings is 1. The van der Waals surface area contributed by atoms with E-state index in [0.717, 1.165) is 22.0 Å². The first kappa shape index (κ1) is 12.4. The van der Waals surface area contributed by atoms with Crippen molar-refractivity contribution in [2.75, 3.05) is 0 Å². The van der Waals surface area contributed by atoms with Gasteiger partial charge in [0.15, 0.2) is 0 Å². The monoisotopic (exact) mass is 340 g/mol. The van der Waals surface area contributed by atoms with Gasteiger partial charge in [-0.15, -0.1) is 0 Å². The summed E-state index contributed by atoms with van der Waals surface area (Å²) in [6.07, 6.45) is 2.09. The van der Waals surface area contributed by atoms with Gasteiger partial charge in [-0.1, -0.05) is 12.1 Å². The Balaban J connectivity index is 2.14. The molecule has 1 fully saturated rings. The summed E-state index contributed by atoms with van der Waals surface area (Å²) in [4.78, 5) is 12.1. The van der Waals surface area contributed by atoms with Crippen LogP contribution in [-0.2, 0) is 0 Å². The molecule has 3 nitrogen and oxygen atoms in total. The van der Waals surface area contributed by atoms with Gasteiger partial charge in [-0.2, -0.15) is 5.26 Å². The van der Waals surface area contributed by atoms with Crippen LogP contribution in [0.5, 0.6) is 0 Å². The summed E-state index contributed by atoms with van der Waals surface area (Å²) in [7, 11) is 0. The number of hydrogen-bond acceptors (Lipinski definition) is 2. The molecule has 1 aromatic carbocycles. The summed E-state index contributed by atoms with van der Waals surface area (Å²) >= 11 is 2.17. The normalized spacial score (nSPS) is 16.1. The summed E-state index contributed by atoms with van der Waals surface area (Å²) in [5, 5.41) is 11.8. The van der Waals surface area contributed by atoms with Gasteiger partial charge in [-0.05, 0) is 59.9 Å². The van der Waals surface area contributed by atoms with Crippen LogP contribution in [-0.4, -0.2) is 11.9 Å². The smallest absolute Gasteiger partial charge is 0.253 e. The number of aryl methyl sites for hydroxylation is 1. The van der Waals surface area contributed by atoms with Gasteiger partial charge in [0.05, 0.1) is 11.6 Å². The zero-order valence-electron chi connectivity index (χ0n) is 9.53. The molecule has 0 saturated heterocycles. The summed E-state index contributed by atoms with van der Waals surface area (Å²) in [6.45, 7) is 1.97. The maximum absolute atomic E-state index is 12.1. The first-order valence-electron chi connectivity index (χ1n) is 5.59. The quantitative estimate of drug-likeness (QED) is 0.860. The maximum Gasteiger partial charge on any atom is 0.253 e. The third-order valence-electron chi connectivity index (χ3n) is 2.96. The van der Waals surface area contributed by atoms with Gasteiger partial charge in [0.25, 0.3) is 5.91 Å². The van der Waals surface area contributed by atoms with Crippen molar-refractivity contribution >= 4 is 28.5 Å². The van der Waals surface area contributed by atoms with Gasteiger partial charge in [0.2, 0.25) is 0 Å². The lowest BCUT2D eigenvalue weighted by molar-refractivity contribution is 0.0941. The molecule has 0 bridgehead atoms. The topological polar surface area (TPSA) is 52.9 Å². The molecular formula is C13H13IN2O. The van der Waals surface area contributed by atoms with E-state index >= 15 is 0 Å². The second-order valence-electron chi connectivity index (χ2n) is 4.35. The van der Waals surface area contributed by atoms with Crippen molar-refractivity contribution < 1.29 is 4.79 Å². The Morgan fingerprint density at radius 2 is 2.29 bits per heavy atom. The van der Waals surface area contributed by atoms with Crippen molar-refractivity contribution in [2.45, 2.75) is 25.8 Å². The number of carbonyl (C=O) groups excluding carboxylic acids is 1. The van der Waals surface area contributed by atoms with E-state index in [2.05, 4.69) is 34.0 Å². The zero-order chi connectivity index (χ0) is 12.4. The van der Waals surface area contributed by atoms with Crippen molar-refractivity contribution in [1.29, 1.82) is 5.26 Å². The van der Waals surface area contributed by atoms with Crippen LogP contribution in [0.2, 0.25) is 0 Å². The molecule has 88 valence electrons. The summed E-state index contributed by atoms with van der Waals surface area (Å²) < 4.78 is 0.954. The number of nitrogens with zero attached hydrogens (tertiary/aromatic N) is 1. The summed E-state index contributed by atoms with van der Waals surface area (Å²) in [6, 6.07) is 7.47. The minimum Gasteiger partial charge on any atom is -0.336 e. The van der Waals surface area contributed by atoms with Crippen molar-refractivity contribution in [2.24, 2.45) is 5.92 Å². The average molecular weight is 340 g/mol. The number of hydrogen-bond donors (Lipinski definition) is 1. The first-order valence-corrected chi connectivity index (χ1v) is 6.67. The van der Waals surface area contributed by atoms with Crippen molar-refractivity contribution in [3.8, 4) is 6.07 Å². The second kappa shape index (κ2) is 5.05. The van der Waals surface area contributed by atoms with Crippen LogP contribution in [0.1, 0.15) is 28.8 Å². The molecule has 1 unspecified atom stereocenters. The largest absolute Gasteiger partial charge is 0.336 e. The third kappa shape index (κ3) is 2.78. The molecule has 0 aliphatic heterocycles. The molecular weight excluding hydrogens is 327 g/mol. The molecule has 1 atom stereocenters. The van der Waals surface area contributed by atoms with Gasteiger partial charge >= 0.3 is 0 Å². The van der Waals surface area contributed by atoms with Crippen LogP contribution in [0.25, 0.3) is 0 Å². The Kier molecular flexibility index (Phi) is 3.67. The molecule has 2 rings (SSSR count). The highest BCUT2D eigenvalue weighted by atomic mass is 127. The van der Waals surface area contributed by atoms with E-state index in [4.69, 9.17) is 5.26 Å². The van der Waals surface area contributed by atoms with Crippen molar-refractivity contribution in [3.63, 3.8) is 0 Å². The van der Waals surface area contributed by atoms with Crippen LogP contribution in [0.3, 0.4) is 0 Å². The van der Waals surface area contributed by atoms with Gasteiger partial charge in [0.1, 0.15) is 6.04 Å². The fraction of sp³-hybridized carbons (Fsp3) is 0.385. The fourth-order valence-electron chi connectivity index (χ4n) is 1.73. The minimum absolute atomic E-state index is 0.142. The highest BCUT2D eigenvalue weighted by Crippen LogP contribution is 2.32. The van der Waals surface area contributed by atoms with E-state index in [1.807, 2.05) is 19.1 Å². The lowest BCUT2D eigenvalue weighted by atomic mass is 10.1. The van der Waals surface area contributed by atoms with E-state index in [1.165, 1.54) is 0 Å². The molecule has 4 heteroatoms. The SMILES string of the molecule is Cc1cccc(C(=O)NC(C#N)C2CC2)c1I. The van der Waals surface area contributed by atoms with Gasteiger partial charge in [-0.25, -0.2) is 0 Å². The maximum atomic E-state index is 12.1. The predicted octanol–water partition coefficient (Wildman–Crippen LogP) is 2.63.